The molecule has 1 rings (SSSR count). The molecule has 0 aliphatic rings. The fraction of sp³-hybridized carbons (Fsp3) is 0.462. The van der Waals surface area contributed by atoms with Crippen molar-refractivity contribution in [1.82, 2.24) is 4.98 Å². The summed E-state index contributed by atoms with van der Waals surface area (Å²) in [6.45, 7) is 10.6. The first-order valence-corrected chi connectivity index (χ1v) is 5.29. The number of aromatic nitrogens is 1. The van der Waals surface area contributed by atoms with Crippen molar-refractivity contribution in [3.8, 4) is 0 Å². The Morgan fingerprint density at radius 2 is 2.14 bits per heavy atom. The summed E-state index contributed by atoms with van der Waals surface area (Å²) in [5.41, 5.74) is 1.31. The predicted molar refractivity (Wildman–Crippen MR) is 62.5 cm³/mol. The first kappa shape index (κ1) is 11.0. The maximum atomic E-state index is 4.19. The van der Waals surface area contributed by atoms with Gasteiger partial charge in [-0.05, 0) is 28.3 Å². The van der Waals surface area contributed by atoms with E-state index in [0.29, 0.717) is 5.92 Å². The highest BCUT2D eigenvalue weighted by molar-refractivity contribution is 5.31. The third-order valence-corrected chi connectivity index (χ3v) is 2.36. The van der Waals surface area contributed by atoms with Crippen LogP contribution in [0, 0.1) is 0 Å². The van der Waals surface area contributed by atoms with E-state index >= 15 is 0 Å². The zero-order chi connectivity index (χ0) is 10.6. The average Bonchev–Trinajstić information content (AvgIpc) is 2.15. The van der Waals surface area contributed by atoms with Crippen LogP contribution in [-0.2, 0) is 0 Å². The zero-order valence-corrected chi connectivity index (χ0v) is 9.38. The van der Waals surface area contributed by atoms with Crippen LogP contribution >= 0.6 is 0 Å². The van der Waals surface area contributed by atoms with Crippen molar-refractivity contribution in [3.05, 3.63) is 28.4 Å². The Morgan fingerprint density at radius 1 is 1.43 bits per heavy atom. The monoisotopic (exact) mass is 189 g/mol. The average molecular weight is 189 g/mol. The molecule has 0 bridgehead atoms. The molecule has 0 aliphatic carbocycles. The van der Waals surface area contributed by atoms with Gasteiger partial charge < -0.3 is 0 Å². The molecular weight excluding hydrogens is 170 g/mol. The summed E-state index contributed by atoms with van der Waals surface area (Å²) in [5, 5.41) is 2.33. The molecule has 0 radical (unpaired) electrons. The van der Waals surface area contributed by atoms with Crippen LogP contribution in [0.5, 0.6) is 0 Å². The van der Waals surface area contributed by atoms with Gasteiger partial charge >= 0.3 is 0 Å². The lowest BCUT2D eigenvalue weighted by Crippen LogP contribution is -2.28. The van der Waals surface area contributed by atoms with Crippen LogP contribution in [0.15, 0.2) is 12.4 Å². The number of unbranched alkanes of at least 4 members (excludes halogenated alkanes) is 1. The molecule has 1 nitrogen and oxygen atoms in total. The summed E-state index contributed by atoms with van der Waals surface area (Å²) in [6, 6.07) is 0. The molecule has 0 saturated heterocycles. The summed E-state index contributed by atoms with van der Waals surface area (Å²) in [5.74, 6) is 0.521. The van der Waals surface area contributed by atoms with Gasteiger partial charge in [-0.15, -0.1) is 0 Å². The molecule has 76 valence electrons. The molecule has 0 amide bonds. The fourth-order valence-corrected chi connectivity index (χ4v) is 1.53. The highest BCUT2D eigenvalue weighted by Crippen LogP contribution is 2.06. The number of hydrogen-bond donors (Lipinski definition) is 0. The third-order valence-electron chi connectivity index (χ3n) is 2.36. The van der Waals surface area contributed by atoms with Gasteiger partial charge in [0.15, 0.2) is 0 Å². The first-order valence-electron chi connectivity index (χ1n) is 5.29. The van der Waals surface area contributed by atoms with Crippen molar-refractivity contribution >= 4 is 12.7 Å². The zero-order valence-electron chi connectivity index (χ0n) is 9.38. The minimum atomic E-state index is 0.521. The van der Waals surface area contributed by atoms with Crippen LogP contribution in [0.1, 0.15) is 45.1 Å². The molecule has 0 unspecified atom stereocenters. The van der Waals surface area contributed by atoms with Crippen molar-refractivity contribution in [2.75, 3.05) is 0 Å². The predicted octanol–water partition coefficient (Wildman–Crippen LogP) is 2.20. The lowest BCUT2D eigenvalue weighted by Gasteiger charge is -2.05. The van der Waals surface area contributed by atoms with Crippen molar-refractivity contribution in [2.45, 2.75) is 39.5 Å². The normalized spacial score (nSPS) is 12.4. The summed E-state index contributed by atoms with van der Waals surface area (Å²) in [7, 11) is 0. The van der Waals surface area contributed by atoms with Crippen LogP contribution in [-0.4, -0.2) is 4.98 Å². The standard InChI is InChI=1S/C13H19N/c1-5-6-7-12-11(4)8-14-9-13(12)10(2)3/h7-10H,4-6H2,1-3H3/b12-7+. The minimum absolute atomic E-state index is 0.521. The lowest BCUT2D eigenvalue weighted by atomic mass is 10.0. The van der Waals surface area contributed by atoms with Gasteiger partial charge in [-0.3, -0.25) is 4.98 Å². The van der Waals surface area contributed by atoms with Gasteiger partial charge in [0.25, 0.3) is 0 Å². The summed E-state index contributed by atoms with van der Waals surface area (Å²) >= 11 is 0. The van der Waals surface area contributed by atoms with Crippen LogP contribution in [0.25, 0.3) is 12.7 Å². The SMILES string of the molecule is C=c1cncc(C(C)C)/c1=C/CCC. The molecule has 0 spiro atoms. The summed E-state index contributed by atoms with van der Waals surface area (Å²) < 4.78 is 0. The molecular formula is C13H19N. The van der Waals surface area contributed by atoms with Gasteiger partial charge in [0, 0.05) is 12.4 Å². The largest absolute Gasteiger partial charge is 0.264 e. The molecule has 0 fully saturated rings. The molecule has 1 heteroatoms. The second-order valence-electron chi connectivity index (χ2n) is 3.95. The van der Waals surface area contributed by atoms with E-state index in [9.17, 15) is 0 Å². The molecule has 0 saturated carbocycles. The van der Waals surface area contributed by atoms with Crippen molar-refractivity contribution in [2.24, 2.45) is 0 Å². The molecule has 1 aromatic rings. The van der Waals surface area contributed by atoms with Crippen molar-refractivity contribution in [3.63, 3.8) is 0 Å². The Balaban J connectivity index is 3.30. The van der Waals surface area contributed by atoms with Crippen molar-refractivity contribution in [1.29, 1.82) is 0 Å². The topological polar surface area (TPSA) is 12.9 Å². The van der Waals surface area contributed by atoms with E-state index in [-0.39, 0.29) is 0 Å². The van der Waals surface area contributed by atoms with Gasteiger partial charge in [0.1, 0.15) is 0 Å². The highest BCUT2D eigenvalue weighted by Gasteiger charge is 2.00. The summed E-state index contributed by atoms with van der Waals surface area (Å²) in [6.07, 6.45) is 8.37. The van der Waals surface area contributed by atoms with Gasteiger partial charge in [0.05, 0.1) is 0 Å². The lowest BCUT2D eigenvalue weighted by molar-refractivity contribution is 0.844. The fourth-order valence-electron chi connectivity index (χ4n) is 1.53. The summed E-state index contributed by atoms with van der Waals surface area (Å²) in [4.78, 5) is 4.19. The maximum absolute atomic E-state index is 4.19. The molecule has 0 aromatic carbocycles. The van der Waals surface area contributed by atoms with E-state index in [2.05, 4.69) is 38.4 Å². The quantitative estimate of drug-likeness (QED) is 0.710. The van der Waals surface area contributed by atoms with E-state index in [1.807, 2.05) is 12.4 Å². The van der Waals surface area contributed by atoms with Crippen LogP contribution in [0.3, 0.4) is 0 Å². The Labute approximate surface area is 86.2 Å². The number of pyridine rings is 1. The van der Waals surface area contributed by atoms with E-state index in [1.165, 1.54) is 17.2 Å². The van der Waals surface area contributed by atoms with E-state index in [0.717, 1.165) is 11.6 Å². The highest BCUT2D eigenvalue weighted by atomic mass is 14.6. The van der Waals surface area contributed by atoms with Crippen LogP contribution in [0.4, 0.5) is 0 Å². The Kier molecular flexibility index (Phi) is 3.87. The third kappa shape index (κ3) is 2.44. The van der Waals surface area contributed by atoms with Gasteiger partial charge in [0.2, 0.25) is 0 Å². The first-order chi connectivity index (χ1) is 6.66. The number of nitrogens with zero attached hydrogens (tertiary/aromatic N) is 1. The molecule has 1 aromatic heterocycles. The number of hydrogen-bond acceptors (Lipinski definition) is 1. The Morgan fingerprint density at radius 3 is 2.71 bits per heavy atom. The van der Waals surface area contributed by atoms with Gasteiger partial charge in [-0.1, -0.05) is 39.8 Å². The Hall–Kier alpha value is -1.11. The second kappa shape index (κ2) is 4.94. The van der Waals surface area contributed by atoms with Gasteiger partial charge in [-0.2, -0.15) is 0 Å². The van der Waals surface area contributed by atoms with Crippen molar-refractivity contribution < 1.29 is 0 Å². The molecule has 0 N–H and O–H groups in total. The molecule has 14 heavy (non-hydrogen) atoms. The molecule has 0 aliphatic heterocycles. The van der Waals surface area contributed by atoms with E-state index in [1.54, 1.807) is 0 Å². The van der Waals surface area contributed by atoms with Gasteiger partial charge in [-0.25, -0.2) is 0 Å². The van der Waals surface area contributed by atoms with E-state index in [4.69, 9.17) is 0 Å². The smallest absolute Gasteiger partial charge is 0.0340 e. The minimum Gasteiger partial charge on any atom is -0.264 e. The van der Waals surface area contributed by atoms with E-state index < -0.39 is 0 Å². The molecule has 0 atom stereocenters. The Bertz CT molecular complexity index is 390. The second-order valence-corrected chi connectivity index (χ2v) is 3.95. The molecule has 1 heterocycles. The maximum Gasteiger partial charge on any atom is 0.0340 e. The number of rotatable bonds is 3. The van der Waals surface area contributed by atoms with Crippen LogP contribution in [0.2, 0.25) is 0 Å². The van der Waals surface area contributed by atoms with Crippen LogP contribution < -0.4 is 10.4 Å².